The van der Waals surface area contributed by atoms with Gasteiger partial charge in [0, 0.05) is 5.02 Å². The molecule has 1 aromatic carbocycles. The van der Waals surface area contributed by atoms with Gasteiger partial charge in [0.15, 0.2) is 11.4 Å². The highest BCUT2D eigenvalue weighted by Crippen LogP contribution is 2.23. The van der Waals surface area contributed by atoms with Crippen LogP contribution in [0.2, 0.25) is 5.02 Å². The summed E-state index contributed by atoms with van der Waals surface area (Å²) in [5.41, 5.74) is 6.14. The number of nitrogens with zero attached hydrogens (tertiary/aromatic N) is 1. The Morgan fingerprint density at radius 1 is 1.45 bits per heavy atom. The van der Waals surface area contributed by atoms with Crippen molar-refractivity contribution in [2.24, 2.45) is 0 Å². The van der Waals surface area contributed by atoms with Crippen LogP contribution in [0.5, 0.6) is 0 Å². The maximum absolute atomic E-state index is 5.72. The SMILES string of the molecule is Nc1noc2ccc(Cl)cc12. The zero-order valence-corrected chi connectivity index (χ0v) is 6.30. The van der Waals surface area contributed by atoms with Crippen molar-refractivity contribution in [3.8, 4) is 0 Å². The van der Waals surface area contributed by atoms with Crippen molar-refractivity contribution >= 4 is 28.4 Å². The monoisotopic (exact) mass is 168 g/mol. The van der Waals surface area contributed by atoms with Gasteiger partial charge in [0.05, 0.1) is 5.39 Å². The van der Waals surface area contributed by atoms with Gasteiger partial charge in [-0.3, -0.25) is 0 Å². The summed E-state index contributed by atoms with van der Waals surface area (Å²) in [5, 5.41) is 4.97. The quantitative estimate of drug-likeness (QED) is 0.655. The van der Waals surface area contributed by atoms with Crippen LogP contribution in [0.3, 0.4) is 0 Å². The smallest absolute Gasteiger partial charge is 0.174 e. The van der Waals surface area contributed by atoms with E-state index in [1.165, 1.54) is 0 Å². The number of aromatic nitrogens is 1. The lowest BCUT2D eigenvalue weighted by Gasteiger charge is -1.87. The number of rotatable bonds is 0. The molecule has 3 nitrogen and oxygen atoms in total. The van der Waals surface area contributed by atoms with E-state index in [1.54, 1.807) is 18.2 Å². The predicted octanol–water partition coefficient (Wildman–Crippen LogP) is 2.06. The first-order valence-electron chi connectivity index (χ1n) is 3.08. The lowest BCUT2D eigenvalue weighted by Crippen LogP contribution is -1.82. The van der Waals surface area contributed by atoms with Crippen LogP contribution < -0.4 is 5.73 Å². The minimum atomic E-state index is 0.377. The van der Waals surface area contributed by atoms with E-state index < -0.39 is 0 Å². The third-order valence-electron chi connectivity index (χ3n) is 1.46. The summed E-state index contributed by atoms with van der Waals surface area (Å²) in [5.74, 6) is 0.377. The molecule has 0 radical (unpaired) electrons. The molecule has 0 spiro atoms. The fourth-order valence-electron chi connectivity index (χ4n) is 0.929. The largest absolute Gasteiger partial charge is 0.380 e. The molecule has 0 aliphatic carbocycles. The fourth-order valence-corrected chi connectivity index (χ4v) is 1.10. The van der Waals surface area contributed by atoms with Gasteiger partial charge in [-0.05, 0) is 18.2 Å². The van der Waals surface area contributed by atoms with Gasteiger partial charge in [0.1, 0.15) is 0 Å². The number of nitrogen functional groups attached to an aromatic ring is 1. The number of hydrogen-bond acceptors (Lipinski definition) is 3. The third-order valence-corrected chi connectivity index (χ3v) is 1.70. The summed E-state index contributed by atoms with van der Waals surface area (Å²) in [6, 6.07) is 5.19. The Bertz CT molecular complexity index is 396. The van der Waals surface area contributed by atoms with E-state index in [9.17, 15) is 0 Å². The van der Waals surface area contributed by atoms with Crippen LogP contribution in [0.1, 0.15) is 0 Å². The fraction of sp³-hybridized carbons (Fsp3) is 0. The molecule has 0 bridgehead atoms. The minimum Gasteiger partial charge on any atom is -0.380 e. The van der Waals surface area contributed by atoms with Crippen molar-refractivity contribution in [2.75, 3.05) is 5.73 Å². The molecule has 2 aromatic rings. The molecule has 0 fully saturated rings. The summed E-state index contributed by atoms with van der Waals surface area (Å²) < 4.78 is 4.87. The van der Waals surface area contributed by atoms with E-state index in [0.717, 1.165) is 5.39 Å². The summed E-state index contributed by atoms with van der Waals surface area (Å²) in [6.07, 6.45) is 0. The molecule has 1 aromatic heterocycles. The molecule has 56 valence electrons. The number of hydrogen-bond donors (Lipinski definition) is 1. The van der Waals surface area contributed by atoms with Gasteiger partial charge >= 0.3 is 0 Å². The van der Waals surface area contributed by atoms with Gasteiger partial charge in [-0.2, -0.15) is 0 Å². The van der Waals surface area contributed by atoms with Crippen molar-refractivity contribution in [3.05, 3.63) is 23.2 Å². The molecule has 0 amide bonds. The van der Waals surface area contributed by atoms with Crippen LogP contribution in [0.15, 0.2) is 22.7 Å². The van der Waals surface area contributed by atoms with Crippen molar-refractivity contribution in [1.29, 1.82) is 0 Å². The second-order valence-corrected chi connectivity index (χ2v) is 2.64. The zero-order valence-electron chi connectivity index (χ0n) is 5.54. The average molecular weight is 169 g/mol. The predicted molar refractivity (Wildman–Crippen MR) is 43.4 cm³/mol. The second-order valence-electron chi connectivity index (χ2n) is 2.21. The van der Waals surface area contributed by atoms with Crippen LogP contribution in [0, 0.1) is 0 Å². The standard InChI is InChI=1S/C7H5ClN2O/c8-4-1-2-6-5(3-4)7(9)10-11-6/h1-3H,(H2,9,10). The Morgan fingerprint density at radius 3 is 3.09 bits per heavy atom. The maximum Gasteiger partial charge on any atom is 0.174 e. The Morgan fingerprint density at radius 2 is 2.27 bits per heavy atom. The first-order chi connectivity index (χ1) is 5.27. The molecule has 0 aliphatic rings. The Kier molecular flexibility index (Phi) is 1.26. The third kappa shape index (κ3) is 0.935. The average Bonchev–Trinajstić information content (AvgIpc) is 2.33. The minimum absolute atomic E-state index is 0.377. The van der Waals surface area contributed by atoms with E-state index in [1.807, 2.05) is 0 Å². The van der Waals surface area contributed by atoms with E-state index in [2.05, 4.69) is 5.16 Å². The second kappa shape index (κ2) is 2.13. The maximum atomic E-state index is 5.72. The molecule has 0 aliphatic heterocycles. The van der Waals surface area contributed by atoms with E-state index in [4.69, 9.17) is 21.9 Å². The number of anilines is 1. The Hall–Kier alpha value is -1.22. The van der Waals surface area contributed by atoms with Gasteiger partial charge in [0.25, 0.3) is 0 Å². The topological polar surface area (TPSA) is 52.0 Å². The van der Waals surface area contributed by atoms with E-state index in [0.29, 0.717) is 16.4 Å². The number of halogens is 1. The first kappa shape index (κ1) is 6.49. The molecule has 0 unspecified atom stereocenters. The molecule has 0 saturated heterocycles. The van der Waals surface area contributed by atoms with Gasteiger partial charge in [-0.15, -0.1) is 0 Å². The van der Waals surface area contributed by atoms with Gasteiger partial charge in [-0.1, -0.05) is 16.8 Å². The van der Waals surface area contributed by atoms with Crippen LogP contribution in [0.4, 0.5) is 5.82 Å². The van der Waals surface area contributed by atoms with Crippen LogP contribution in [0.25, 0.3) is 11.0 Å². The lowest BCUT2D eigenvalue weighted by atomic mass is 10.2. The van der Waals surface area contributed by atoms with Crippen molar-refractivity contribution in [1.82, 2.24) is 5.16 Å². The van der Waals surface area contributed by atoms with E-state index >= 15 is 0 Å². The molecule has 0 saturated carbocycles. The normalized spacial score (nSPS) is 10.6. The van der Waals surface area contributed by atoms with Crippen LogP contribution in [-0.4, -0.2) is 5.16 Å². The van der Waals surface area contributed by atoms with Gasteiger partial charge in [0.2, 0.25) is 0 Å². The van der Waals surface area contributed by atoms with Crippen molar-refractivity contribution < 1.29 is 4.52 Å². The Balaban J connectivity index is 2.87. The number of fused-ring (bicyclic) bond motifs is 1. The highest BCUT2D eigenvalue weighted by atomic mass is 35.5. The molecular weight excluding hydrogens is 164 g/mol. The Labute approximate surface area is 67.7 Å². The molecule has 2 N–H and O–H groups in total. The van der Waals surface area contributed by atoms with Gasteiger partial charge in [-0.25, -0.2) is 0 Å². The van der Waals surface area contributed by atoms with Crippen LogP contribution >= 0.6 is 11.6 Å². The molecule has 1 heterocycles. The zero-order chi connectivity index (χ0) is 7.84. The van der Waals surface area contributed by atoms with Crippen molar-refractivity contribution in [2.45, 2.75) is 0 Å². The first-order valence-corrected chi connectivity index (χ1v) is 3.45. The summed E-state index contributed by atoms with van der Waals surface area (Å²) >= 11 is 5.72. The lowest BCUT2D eigenvalue weighted by molar-refractivity contribution is 0.460. The summed E-state index contributed by atoms with van der Waals surface area (Å²) in [6.45, 7) is 0. The van der Waals surface area contributed by atoms with Crippen molar-refractivity contribution in [3.63, 3.8) is 0 Å². The number of nitrogens with two attached hydrogens (primary N) is 1. The molecule has 0 atom stereocenters. The molecule has 4 heteroatoms. The number of benzene rings is 1. The highest BCUT2D eigenvalue weighted by Gasteiger charge is 2.03. The van der Waals surface area contributed by atoms with E-state index in [-0.39, 0.29) is 0 Å². The summed E-state index contributed by atoms with van der Waals surface area (Å²) in [7, 11) is 0. The molecular formula is C7H5ClN2O. The van der Waals surface area contributed by atoms with Crippen LogP contribution in [-0.2, 0) is 0 Å². The van der Waals surface area contributed by atoms with Gasteiger partial charge < -0.3 is 10.3 Å². The highest BCUT2D eigenvalue weighted by molar-refractivity contribution is 6.31. The summed E-state index contributed by atoms with van der Waals surface area (Å²) in [4.78, 5) is 0. The molecule has 11 heavy (non-hydrogen) atoms. The molecule has 2 rings (SSSR count).